The van der Waals surface area contributed by atoms with Gasteiger partial charge in [0.15, 0.2) is 0 Å². The molecule has 1 aromatic rings. The topological polar surface area (TPSA) is 65.5 Å². The average molecular weight is 304 g/mol. The van der Waals surface area contributed by atoms with E-state index in [2.05, 4.69) is 15.2 Å². The van der Waals surface area contributed by atoms with Crippen molar-refractivity contribution in [2.24, 2.45) is 5.92 Å². The molecule has 1 saturated heterocycles. The van der Waals surface area contributed by atoms with Gasteiger partial charge in [0.2, 0.25) is 0 Å². The highest BCUT2D eigenvalue weighted by molar-refractivity contribution is 5.99. The second-order valence-electron chi connectivity index (χ2n) is 6.16. The van der Waals surface area contributed by atoms with Gasteiger partial charge in [0.25, 0.3) is 11.8 Å². The van der Waals surface area contributed by atoms with E-state index < -0.39 is 0 Å². The lowest BCUT2D eigenvalue weighted by Crippen LogP contribution is -2.47. The van der Waals surface area contributed by atoms with Crippen LogP contribution in [0.2, 0.25) is 0 Å². The first-order valence-electron chi connectivity index (χ1n) is 7.68. The Kier molecular flexibility index (Phi) is 5.49. The molecule has 0 spiro atoms. The van der Waals surface area contributed by atoms with Crippen molar-refractivity contribution in [3.8, 4) is 0 Å². The molecule has 0 aromatic carbocycles. The maximum atomic E-state index is 12.5. The number of aromatic nitrogens is 1. The first-order valence-corrected chi connectivity index (χ1v) is 7.68. The van der Waals surface area contributed by atoms with Crippen LogP contribution in [0, 0.1) is 5.92 Å². The van der Waals surface area contributed by atoms with Crippen molar-refractivity contribution in [1.82, 2.24) is 20.1 Å². The second-order valence-corrected chi connectivity index (χ2v) is 6.16. The molecular formula is C16H24N4O2. The van der Waals surface area contributed by atoms with Crippen LogP contribution < -0.4 is 5.32 Å². The Morgan fingerprint density at radius 3 is 2.45 bits per heavy atom. The molecule has 22 heavy (non-hydrogen) atoms. The van der Waals surface area contributed by atoms with E-state index in [1.807, 2.05) is 25.8 Å². The number of pyridine rings is 1. The van der Waals surface area contributed by atoms with Gasteiger partial charge in [-0.15, -0.1) is 0 Å². The number of nitrogens with one attached hydrogen (secondary N) is 1. The monoisotopic (exact) mass is 304 g/mol. The zero-order valence-electron chi connectivity index (χ0n) is 13.5. The molecular weight excluding hydrogens is 280 g/mol. The predicted octanol–water partition coefficient (Wildman–Crippen LogP) is 0.855. The number of amides is 2. The number of piperazine rings is 1. The summed E-state index contributed by atoms with van der Waals surface area (Å²) in [7, 11) is 2.04. The minimum Gasteiger partial charge on any atom is -0.352 e. The van der Waals surface area contributed by atoms with E-state index in [4.69, 9.17) is 0 Å². The molecule has 6 nitrogen and oxygen atoms in total. The van der Waals surface area contributed by atoms with E-state index in [0.717, 1.165) is 13.1 Å². The molecule has 6 heteroatoms. The molecule has 2 heterocycles. The van der Waals surface area contributed by atoms with Crippen molar-refractivity contribution in [1.29, 1.82) is 0 Å². The van der Waals surface area contributed by atoms with E-state index >= 15 is 0 Å². The van der Waals surface area contributed by atoms with Gasteiger partial charge in [0.1, 0.15) is 0 Å². The third-order valence-electron chi connectivity index (χ3n) is 3.71. The van der Waals surface area contributed by atoms with Crippen LogP contribution in [0.25, 0.3) is 0 Å². The minimum absolute atomic E-state index is 0.0564. The highest BCUT2D eigenvalue weighted by Crippen LogP contribution is 2.09. The average Bonchev–Trinajstić information content (AvgIpc) is 2.52. The van der Waals surface area contributed by atoms with Gasteiger partial charge >= 0.3 is 0 Å². The van der Waals surface area contributed by atoms with Gasteiger partial charge in [-0.05, 0) is 19.0 Å². The Bertz CT molecular complexity index is 537. The Morgan fingerprint density at radius 2 is 1.82 bits per heavy atom. The summed E-state index contributed by atoms with van der Waals surface area (Å²) in [6.07, 6.45) is 3.02. The summed E-state index contributed by atoms with van der Waals surface area (Å²) in [4.78, 5) is 32.6. The quantitative estimate of drug-likeness (QED) is 0.896. The first kappa shape index (κ1) is 16.4. The van der Waals surface area contributed by atoms with Gasteiger partial charge in [0.05, 0.1) is 11.1 Å². The maximum absolute atomic E-state index is 12.5. The van der Waals surface area contributed by atoms with E-state index in [1.54, 1.807) is 6.07 Å². The van der Waals surface area contributed by atoms with Crippen molar-refractivity contribution in [2.45, 2.75) is 13.8 Å². The molecule has 2 rings (SSSR count). The summed E-state index contributed by atoms with van der Waals surface area (Å²) >= 11 is 0. The van der Waals surface area contributed by atoms with E-state index in [1.165, 1.54) is 12.4 Å². The van der Waals surface area contributed by atoms with Crippen molar-refractivity contribution < 1.29 is 9.59 Å². The number of rotatable bonds is 4. The number of hydrogen-bond acceptors (Lipinski definition) is 4. The molecule has 1 N–H and O–H groups in total. The molecule has 120 valence electrons. The molecule has 1 aromatic heterocycles. The standard InChI is InChI=1S/C16H24N4O2/c1-12(2)9-18-15(21)13-8-14(11-17-10-13)16(22)20-6-4-19(3)5-7-20/h8,10-12H,4-7,9H2,1-3H3,(H,18,21). The van der Waals surface area contributed by atoms with Gasteiger partial charge in [-0.2, -0.15) is 0 Å². The second kappa shape index (κ2) is 7.35. The summed E-state index contributed by atoms with van der Waals surface area (Å²) < 4.78 is 0. The van der Waals surface area contributed by atoms with E-state index in [0.29, 0.717) is 36.7 Å². The first-order chi connectivity index (χ1) is 10.5. The fraction of sp³-hybridized carbons (Fsp3) is 0.562. The van der Waals surface area contributed by atoms with Crippen molar-refractivity contribution in [3.63, 3.8) is 0 Å². The number of carbonyl (C=O) groups excluding carboxylic acids is 2. The van der Waals surface area contributed by atoms with Crippen LogP contribution in [0.15, 0.2) is 18.5 Å². The zero-order chi connectivity index (χ0) is 16.1. The van der Waals surface area contributed by atoms with Crippen LogP contribution in [0.1, 0.15) is 34.6 Å². The zero-order valence-corrected chi connectivity index (χ0v) is 13.5. The Balaban J connectivity index is 2.04. The number of carbonyl (C=O) groups is 2. The third kappa shape index (κ3) is 4.27. The van der Waals surface area contributed by atoms with Crippen molar-refractivity contribution in [3.05, 3.63) is 29.6 Å². The van der Waals surface area contributed by atoms with Gasteiger partial charge in [-0.3, -0.25) is 14.6 Å². The van der Waals surface area contributed by atoms with Crippen LogP contribution in [0.4, 0.5) is 0 Å². The molecule has 1 fully saturated rings. The molecule has 1 aliphatic heterocycles. The maximum Gasteiger partial charge on any atom is 0.255 e. The normalized spacial score (nSPS) is 15.9. The van der Waals surface area contributed by atoms with E-state index in [-0.39, 0.29) is 11.8 Å². The summed E-state index contributed by atoms with van der Waals surface area (Å²) in [6, 6.07) is 1.63. The van der Waals surface area contributed by atoms with Gasteiger partial charge in [0, 0.05) is 45.1 Å². The summed E-state index contributed by atoms with van der Waals surface area (Å²) in [5.74, 6) is 0.139. The molecule has 0 atom stereocenters. The van der Waals surface area contributed by atoms with Crippen LogP contribution in [0.3, 0.4) is 0 Å². The van der Waals surface area contributed by atoms with Crippen molar-refractivity contribution in [2.75, 3.05) is 39.8 Å². The van der Waals surface area contributed by atoms with Crippen LogP contribution in [0.5, 0.6) is 0 Å². The summed E-state index contributed by atoms with van der Waals surface area (Å²) in [5, 5.41) is 2.84. The Labute approximate surface area is 131 Å². The molecule has 0 saturated carbocycles. The predicted molar refractivity (Wildman–Crippen MR) is 84.8 cm³/mol. The smallest absolute Gasteiger partial charge is 0.255 e. The number of nitrogens with zero attached hydrogens (tertiary/aromatic N) is 3. The molecule has 1 aliphatic rings. The lowest BCUT2D eigenvalue weighted by Gasteiger charge is -2.32. The Hall–Kier alpha value is -1.95. The van der Waals surface area contributed by atoms with Crippen LogP contribution in [-0.2, 0) is 0 Å². The van der Waals surface area contributed by atoms with Gasteiger partial charge in [-0.1, -0.05) is 13.8 Å². The minimum atomic E-state index is -0.186. The number of likely N-dealkylation sites (N-methyl/N-ethyl adjacent to an activating group) is 1. The number of hydrogen-bond donors (Lipinski definition) is 1. The summed E-state index contributed by atoms with van der Waals surface area (Å²) in [6.45, 7) is 7.83. The highest BCUT2D eigenvalue weighted by Gasteiger charge is 2.21. The molecule has 0 unspecified atom stereocenters. The molecule has 0 aliphatic carbocycles. The van der Waals surface area contributed by atoms with E-state index in [9.17, 15) is 9.59 Å². The SMILES string of the molecule is CC(C)CNC(=O)c1cncc(C(=O)N2CCN(C)CC2)c1. The van der Waals surface area contributed by atoms with Gasteiger partial charge in [-0.25, -0.2) is 0 Å². The van der Waals surface area contributed by atoms with Crippen LogP contribution in [-0.4, -0.2) is 66.4 Å². The van der Waals surface area contributed by atoms with Gasteiger partial charge < -0.3 is 15.1 Å². The van der Waals surface area contributed by atoms with Crippen LogP contribution >= 0.6 is 0 Å². The Morgan fingerprint density at radius 1 is 1.18 bits per heavy atom. The summed E-state index contributed by atoms with van der Waals surface area (Å²) in [5.41, 5.74) is 0.905. The largest absolute Gasteiger partial charge is 0.352 e. The van der Waals surface area contributed by atoms with Crippen molar-refractivity contribution >= 4 is 11.8 Å². The fourth-order valence-corrected chi connectivity index (χ4v) is 2.27. The molecule has 0 radical (unpaired) electrons. The lowest BCUT2D eigenvalue weighted by molar-refractivity contribution is 0.0663. The molecule has 2 amide bonds. The highest BCUT2D eigenvalue weighted by atomic mass is 16.2. The fourth-order valence-electron chi connectivity index (χ4n) is 2.27. The third-order valence-corrected chi connectivity index (χ3v) is 3.71. The molecule has 0 bridgehead atoms. The lowest BCUT2D eigenvalue weighted by atomic mass is 10.1.